The first kappa shape index (κ1) is 12.2. The van der Waals surface area contributed by atoms with Crippen LogP contribution in [-0.2, 0) is 12.0 Å². The summed E-state index contributed by atoms with van der Waals surface area (Å²) in [5, 5.41) is 4.36. The van der Waals surface area contributed by atoms with Gasteiger partial charge in [0.1, 0.15) is 0 Å². The summed E-state index contributed by atoms with van der Waals surface area (Å²) in [6.07, 6.45) is 3.99. The van der Waals surface area contributed by atoms with E-state index in [9.17, 15) is 0 Å². The Morgan fingerprint density at radius 2 is 2.20 bits per heavy atom. The van der Waals surface area contributed by atoms with Gasteiger partial charge in [-0.05, 0) is 25.8 Å². The molecule has 0 aliphatic heterocycles. The Bertz CT molecular complexity index is 300. The summed E-state index contributed by atoms with van der Waals surface area (Å²) >= 11 is 0. The van der Waals surface area contributed by atoms with Gasteiger partial charge in [0.15, 0.2) is 0 Å². The summed E-state index contributed by atoms with van der Waals surface area (Å²) < 4.78 is 2.10. The number of aromatic nitrogens is 2. The molecule has 1 aromatic rings. The Hall–Kier alpha value is -0.830. The molecule has 0 fully saturated rings. The van der Waals surface area contributed by atoms with Gasteiger partial charge in [-0.15, -0.1) is 0 Å². The standard InChI is InChI=1S/C12H23N3/c1-5-8-15-11(6-7-14-15)12(3,4)9-10(2)13/h6-7,10H,5,8-9,13H2,1-4H3. The average Bonchev–Trinajstić information content (AvgIpc) is 2.51. The van der Waals surface area contributed by atoms with Crippen LogP contribution in [0.5, 0.6) is 0 Å². The van der Waals surface area contributed by atoms with Gasteiger partial charge in [0.25, 0.3) is 0 Å². The van der Waals surface area contributed by atoms with Gasteiger partial charge < -0.3 is 5.73 Å². The monoisotopic (exact) mass is 209 g/mol. The zero-order chi connectivity index (χ0) is 11.5. The minimum Gasteiger partial charge on any atom is -0.328 e. The molecule has 1 atom stereocenters. The number of hydrogen-bond acceptors (Lipinski definition) is 2. The van der Waals surface area contributed by atoms with Crippen LogP contribution < -0.4 is 5.73 Å². The van der Waals surface area contributed by atoms with E-state index < -0.39 is 0 Å². The Balaban J connectivity index is 2.88. The quantitative estimate of drug-likeness (QED) is 0.808. The molecule has 0 saturated heterocycles. The molecule has 0 bridgehead atoms. The lowest BCUT2D eigenvalue weighted by Gasteiger charge is -2.27. The number of nitrogens with zero attached hydrogens (tertiary/aromatic N) is 2. The molecule has 0 saturated carbocycles. The van der Waals surface area contributed by atoms with Crippen molar-refractivity contribution in [2.75, 3.05) is 0 Å². The summed E-state index contributed by atoms with van der Waals surface area (Å²) in [6.45, 7) is 9.69. The van der Waals surface area contributed by atoms with E-state index in [1.54, 1.807) is 0 Å². The third-order valence-corrected chi connectivity index (χ3v) is 2.68. The SMILES string of the molecule is CCCn1nccc1C(C)(C)CC(C)N. The fraction of sp³-hybridized carbons (Fsp3) is 0.750. The molecule has 3 nitrogen and oxygen atoms in total. The molecule has 86 valence electrons. The molecule has 1 aromatic heterocycles. The first-order valence-electron chi connectivity index (χ1n) is 5.75. The molecular weight excluding hydrogens is 186 g/mol. The van der Waals surface area contributed by atoms with Gasteiger partial charge in [-0.1, -0.05) is 20.8 Å². The van der Waals surface area contributed by atoms with Gasteiger partial charge in [0.05, 0.1) is 0 Å². The lowest BCUT2D eigenvalue weighted by Crippen LogP contribution is -2.30. The van der Waals surface area contributed by atoms with Crippen molar-refractivity contribution in [1.29, 1.82) is 0 Å². The molecule has 0 aliphatic rings. The first-order chi connectivity index (χ1) is 6.97. The normalized spacial score (nSPS) is 14.2. The summed E-state index contributed by atoms with van der Waals surface area (Å²) in [5.74, 6) is 0. The van der Waals surface area contributed by atoms with E-state index in [1.807, 2.05) is 6.20 Å². The summed E-state index contributed by atoms with van der Waals surface area (Å²) in [4.78, 5) is 0. The molecule has 0 aromatic carbocycles. The minimum atomic E-state index is 0.111. The summed E-state index contributed by atoms with van der Waals surface area (Å²) in [6, 6.07) is 2.34. The molecule has 0 spiro atoms. The number of hydrogen-bond donors (Lipinski definition) is 1. The Morgan fingerprint density at radius 1 is 1.53 bits per heavy atom. The molecule has 0 amide bonds. The van der Waals surface area contributed by atoms with E-state index in [0.717, 1.165) is 19.4 Å². The van der Waals surface area contributed by atoms with Gasteiger partial charge in [-0.2, -0.15) is 5.10 Å². The van der Waals surface area contributed by atoms with E-state index in [2.05, 4.69) is 43.5 Å². The van der Waals surface area contributed by atoms with Crippen molar-refractivity contribution in [3.63, 3.8) is 0 Å². The molecular formula is C12H23N3. The van der Waals surface area contributed by atoms with Crippen LogP contribution in [0, 0.1) is 0 Å². The Kier molecular flexibility index (Phi) is 3.91. The van der Waals surface area contributed by atoms with Crippen LogP contribution in [0.15, 0.2) is 12.3 Å². The molecule has 0 radical (unpaired) electrons. The van der Waals surface area contributed by atoms with Gasteiger partial charge in [-0.25, -0.2) is 0 Å². The first-order valence-corrected chi connectivity index (χ1v) is 5.75. The van der Waals surface area contributed by atoms with Crippen LogP contribution >= 0.6 is 0 Å². The van der Waals surface area contributed by atoms with E-state index in [1.165, 1.54) is 5.69 Å². The second-order valence-corrected chi connectivity index (χ2v) is 5.00. The third-order valence-electron chi connectivity index (χ3n) is 2.68. The van der Waals surface area contributed by atoms with Crippen molar-refractivity contribution in [3.8, 4) is 0 Å². The van der Waals surface area contributed by atoms with Crippen LogP contribution in [0.4, 0.5) is 0 Å². The third kappa shape index (κ3) is 3.06. The second-order valence-electron chi connectivity index (χ2n) is 5.00. The van der Waals surface area contributed by atoms with Crippen molar-refractivity contribution < 1.29 is 0 Å². The van der Waals surface area contributed by atoms with Crippen molar-refractivity contribution >= 4 is 0 Å². The van der Waals surface area contributed by atoms with Crippen molar-refractivity contribution in [3.05, 3.63) is 18.0 Å². The highest BCUT2D eigenvalue weighted by Gasteiger charge is 2.25. The van der Waals surface area contributed by atoms with Crippen molar-refractivity contribution in [1.82, 2.24) is 9.78 Å². The average molecular weight is 209 g/mol. The molecule has 3 heteroatoms. The van der Waals surface area contributed by atoms with Crippen LogP contribution in [0.3, 0.4) is 0 Å². The number of nitrogens with two attached hydrogens (primary N) is 1. The predicted octanol–water partition coefficient (Wildman–Crippen LogP) is 2.31. The zero-order valence-corrected chi connectivity index (χ0v) is 10.3. The van der Waals surface area contributed by atoms with Crippen LogP contribution in [0.2, 0.25) is 0 Å². The largest absolute Gasteiger partial charge is 0.328 e. The maximum atomic E-state index is 5.88. The highest BCUT2D eigenvalue weighted by atomic mass is 15.3. The molecule has 0 aliphatic carbocycles. The van der Waals surface area contributed by atoms with Gasteiger partial charge >= 0.3 is 0 Å². The van der Waals surface area contributed by atoms with Crippen LogP contribution in [0.1, 0.15) is 46.2 Å². The Labute approximate surface area is 92.7 Å². The molecule has 1 heterocycles. The van der Waals surface area contributed by atoms with E-state index in [-0.39, 0.29) is 11.5 Å². The van der Waals surface area contributed by atoms with Crippen molar-refractivity contribution in [2.24, 2.45) is 5.73 Å². The van der Waals surface area contributed by atoms with E-state index >= 15 is 0 Å². The summed E-state index contributed by atoms with van der Waals surface area (Å²) in [5.41, 5.74) is 7.28. The maximum absolute atomic E-state index is 5.88. The zero-order valence-electron chi connectivity index (χ0n) is 10.3. The molecule has 1 rings (SSSR count). The number of aryl methyl sites for hydroxylation is 1. The summed E-state index contributed by atoms with van der Waals surface area (Å²) in [7, 11) is 0. The molecule has 1 unspecified atom stereocenters. The number of rotatable bonds is 5. The highest BCUT2D eigenvalue weighted by Crippen LogP contribution is 2.27. The van der Waals surface area contributed by atoms with E-state index in [0.29, 0.717) is 0 Å². The maximum Gasteiger partial charge on any atom is 0.0492 e. The van der Waals surface area contributed by atoms with Crippen LogP contribution in [0.25, 0.3) is 0 Å². The van der Waals surface area contributed by atoms with Gasteiger partial charge in [0.2, 0.25) is 0 Å². The predicted molar refractivity (Wildman–Crippen MR) is 63.8 cm³/mol. The van der Waals surface area contributed by atoms with E-state index in [4.69, 9.17) is 5.73 Å². The van der Waals surface area contributed by atoms with Gasteiger partial charge in [0, 0.05) is 29.9 Å². The second kappa shape index (κ2) is 4.79. The topological polar surface area (TPSA) is 43.8 Å². The minimum absolute atomic E-state index is 0.111. The lowest BCUT2D eigenvalue weighted by atomic mass is 9.83. The van der Waals surface area contributed by atoms with Crippen molar-refractivity contribution in [2.45, 2.75) is 58.5 Å². The fourth-order valence-corrected chi connectivity index (χ4v) is 2.21. The molecule has 15 heavy (non-hydrogen) atoms. The fourth-order valence-electron chi connectivity index (χ4n) is 2.21. The Morgan fingerprint density at radius 3 is 2.73 bits per heavy atom. The lowest BCUT2D eigenvalue weighted by molar-refractivity contribution is 0.395. The smallest absolute Gasteiger partial charge is 0.0492 e. The van der Waals surface area contributed by atoms with Crippen LogP contribution in [-0.4, -0.2) is 15.8 Å². The molecule has 2 N–H and O–H groups in total. The highest BCUT2D eigenvalue weighted by molar-refractivity contribution is 5.14. The van der Waals surface area contributed by atoms with Gasteiger partial charge in [-0.3, -0.25) is 4.68 Å².